The number of aromatic nitrogens is 2. The second-order valence-electron chi connectivity index (χ2n) is 7.32. The maximum Gasteiger partial charge on any atom is 0.274 e. The zero-order valence-electron chi connectivity index (χ0n) is 16.2. The predicted octanol–water partition coefficient (Wildman–Crippen LogP) is 2.53. The van der Waals surface area contributed by atoms with Crippen molar-refractivity contribution in [1.29, 1.82) is 0 Å². The molecular formula is C21H27N5O2. The van der Waals surface area contributed by atoms with E-state index in [0.29, 0.717) is 5.69 Å². The maximum atomic E-state index is 12.7. The van der Waals surface area contributed by atoms with Crippen molar-refractivity contribution in [2.24, 2.45) is 0 Å². The molecule has 2 aromatic rings. The first kappa shape index (κ1) is 18.7. The molecule has 7 heteroatoms. The molecule has 28 heavy (non-hydrogen) atoms. The Morgan fingerprint density at radius 1 is 1.07 bits per heavy atom. The molecule has 4 rings (SSSR count). The third-order valence-electron chi connectivity index (χ3n) is 5.37. The summed E-state index contributed by atoms with van der Waals surface area (Å²) in [6, 6.07) is 3.84. The van der Waals surface area contributed by atoms with E-state index in [1.165, 1.54) is 6.42 Å². The van der Waals surface area contributed by atoms with Crippen LogP contribution < -0.4 is 4.90 Å². The van der Waals surface area contributed by atoms with Gasteiger partial charge in [0.2, 0.25) is 0 Å². The number of hydrogen-bond acceptors (Lipinski definition) is 6. The number of likely N-dealkylation sites (tertiary alicyclic amines) is 1. The molecule has 4 heterocycles. The van der Waals surface area contributed by atoms with Crippen LogP contribution in [0.5, 0.6) is 0 Å². The minimum Gasteiger partial charge on any atom is -0.465 e. The first-order valence-electron chi connectivity index (χ1n) is 10.1. The van der Waals surface area contributed by atoms with Gasteiger partial charge < -0.3 is 14.2 Å². The molecule has 0 aromatic carbocycles. The molecular weight excluding hydrogens is 354 g/mol. The Labute approximate surface area is 165 Å². The van der Waals surface area contributed by atoms with Crippen LogP contribution >= 0.6 is 0 Å². The van der Waals surface area contributed by atoms with Gasteiger partial charge in [0.1, 0.15) is 17.3 Å². The van der Waals surface area contributed by atoms with Crippen molar-refractivity contribution in [2.75, 3.05) is 50.7 Å². The van der Waals surface area contributed by atoms with Crippen molar-refractivity contribution in [1.82, 2.24) is 19.8 Å². The number of rotatable bonds is 5. The zero-order valence-corrected chi connectivity index (χ0v) is 16.2. The molecule has 0 atom stereocenters. The summed E-state index contributed by atoms with van der Waals surface area (Å²) in [5.74, 6) is 1.69. The fourth-order valence-electron chi connectivity index (χ4n) is 3.73. The number of furan rings is 1. The lowest BCUT2D eigenvalue weighted by Crippen LogP contribution is -2.46. The van der Waals surface area contributed by atoms with E-state index in [1.807, 2.05) is 23.1 Å². The van der Waals surface area contributed by atoms with E-state index in [1.54, 1.807) is 18.7 Å². The highest BCUT2D eigenvalue weighted by molar-refractivity contribution is 5.92. The molecule has 0 radical (unpaired) electrons. The molecule has 0 spiro atoms. The third kappa shape index (κ3) is 4.59. The molecule has 2 aliphatic rings. The van der Waals surface area contributed by atoms with Crippen molar-refractivity contribution in [2.45, 2.75) is 19.3 Å². The largest absolute Gasteiger partial charge is 0.465 e. The van der Waals surface area contributed by atoms with Gasteiger partial charge in [-0.15, -0.1) is 0 Å². The quantitative estimate of drug-likeness (QED) is 0.793. The minimum absolute atomic E-state index is 0.00995. The molecule has 1 amide bonds. The molecule has 0 bridgehead atoms. The predicted molar refractivity (Wildman–Crippen MR) is 108 cm³/mol. The molecule has 0 saturated carbocycles. The fourth-order valence-corrected chi connectivity index (χ4v) is 3.73. The molecule has 2 saturated heterocycles. The molecule has 0 N–H and O–H groups in total. The number of nitrogens with zero attached hydrogens (tertiary/aromatic N) is 5. The lowest BCUT2D eigenvalue weighted by Gasteiger charge is -2.34. The first-order valence-corrected chi connectivity index (χ1v) is 10.1. The van der Waals surface area contributed by atoms with Crippen molar-refractivity contribution in [3.63, 3.8) is 0 Å². The minimum atomic E-state index is 0.00995. The van der Waals surface area contributed by atoms with Gasteiger partial charge in [-0.1, -0.05) is 6.08 Å². The summed E-state index contributed by atoms with van der Waals surface area (Å²) in [7, 11) is 0. The molecule has 2 fully saturated rings. The van der Waals surface area contributed by atoms with Gasteiger partial charge in [0.15, 0.2) is 0 Å². The zero-order chi connectivity index (χ0) is 19.2. The summed E-state index contributed by atoms with van der Waals surface area (Å²) in [6.45, 7) is 6.22. The Hall–Kier alpha value is -2.67. The summed E-state index contributed by atoms with van der Waals surface area (Å²) in [4.78, 5) is 28.1. The summed E-state index contributed by atoms with van der Waals surface area (Å²) < 4.78 is 5.31. The van der Waals surface area contributed by atoms with Gasteiger partial charge in [-0.25, -0.2) is 4.98 Å². The average molecular weight is 381 g/mol. The van der Waals surface area contributed by atoms with Crippen LogP contribution in [0.1, 0.15) is 35.5 Å². The Morgan fingerprint density at radius 3 is 2.64 bits per heavy atom. The Kier molecular flexibility index (Phi) is 6.01. The summed E-state index contributed by atoms with van der Waals surface area (Å²) in [6.07, 6.45) is 12.5. The Balaban J connectivity index is 1.31. The van der Waals surface area contributed by atoms with Crippen molar-refractivity contribution >= 4 is 17.8 Å². The number of hydrogen-bond donors (Lipinski definition) is 0. The summed E-state index contributed by atoms with van der Waals surface area (Å²) >= 11 is 0. The highest BCUT2D eigenvalue weighted by Crippen LogP contribution is 2.16. The van der Waals surface area contributed by atoms with Crippen molar-refractivity contribution < 1.29 is 9.21 Å². The van der Waals surface area contributed by atoms with E-state index >= 15 is 0 Å². The van der Waals surface area contributed by atoms with E-state index in [2.05, 4.69) is 25.8 Å². The molecule has 0 aliphatic carbocycles. The third-order valence-corrected chi connectivity index (χ3v) is 5.37. The van der Waals surface area contributed by atoms with Crippen LogP contribution in [0.15, 0.2) is 41.3 Å². The molecule has 7 nitrogen and oxygen atoms in total. The number of piperidine rings is 1. The van der Waals surface area contributed by atoms with Crippen LogP contribution in [0.2, 0.25) is 0 Å². The lowest BCUT2D eigenvalue weighted by atomic mass is 10.1. The normalized spacial score (nSPS) is 18.7. The van der Waals surface area contributed by atoms with Gasteiger partial charge in [-0.3, -0.25) is 14.7 Å². The van der Waals surface area contributed by atoms with Gasteiger partial charge in [0, 0.05) is 45.8 Å². The van der Waals surface area contributed by atoms with E-state index in [-0.39, 0.29) is 5.91 Å². The van der Waals surface area contributed by atoms with E-state index in [9.17, 15) is 4.79 Å². The number of anilines is 1. The first-order chi connectivity index (χ1) is 13.8. The Morgan fingerprint density at radius 2 is 1.89 bits per heavy atom. The van der Waals surface area contributed by atoms with Gasteiger partial charge in [-0.05, 0) is 37.5 Å². The van der Waals surface area contributed by atoms with Crippen molar-refractivity contribution in [3.05, 3.63) is 48.3 Å². The van der Waals surface area contributed by atoms with Crippen LogP contribution in [-0.4, -0.2) is 71.5 Å². The van der Waals surface area contributed by atoms with E-state index < -0.39 is 0 Å². The fraction of sp³-hybridized carbons (Fsp3) is 0.476. The van der Waals surface area contributed by atoms with Gasteiger partial charge >= 0.3 is 0 Å². The van der Waals surface area contributed by atoms with Crippen LogP contribution in [0.25, 0.3) is 6.08 Å². The van der Waals surface area contributed by atoms with Crippen LogP contribution in [-0.2, 0) is 0 Å². The standard InChI is InChI=1S/C21H27N5O2/c27-21(26-9-2-1-3-10-26)19-16-22-17-20(23-19)25-13-11-24(12-14-25)8-4-6-18-7-5-15-28-18/h4-7,15-17H,1-3,8-14H2/b6-4+. The molecule has 0 unspecified atom stereocenters. The lowest BCUT2D eigenvalue weighted by molar-refractivity contribution is 0.0718. The topological polar surface area (TPSA) is 65.7 Å². The Bertz CT molecular complexity index is 791. The van der Waals surface area contributed by atoms with Crippen molar-refractivity contribution in [3.8, 4) is 0 Å². The van der Waals surface area contributed by atoms with E-state index in [0.717, 1.165) is 70.2 Å². The van der Waals surface area contributed by atoms with Crippen LogP contribution in [0, 0.1) is 0 Å². The molecule has 2 aliphatic heterocycles. The number of amides is 1. The highest BCUT2D eigenvalue weighted by Gasteiger charge is 2.22. The van der Waals surface area contributed by atoms with Gasteiger partial charge in [-0.2, -0.15) is 0 Å². The number of carbonyl (C=O) groups is 1. The number of piperazine rings is 1. The van der Waals surface area contributed by atoms with E-state index in [4.69, 9.17) is 4.42 Å². The number of carbonyl (C=O) groups excluding carboxylic acids is 1. The smallest absolute Gasteiger partial charge is 0.274 e. The highest BCUT2D eigenvalue weighted by atomic mass is 16.3. The monoisotopic (exact) mass is 381 g/mol. The van der Waals surface area contributed by atoms with Gasteiger partial charge in [0.25, 0.3) is 5.91 Å². The van der Waals surface area contributed by atoms with Crippen LogP contribution in [0.4, 0.5) is 5.82 Å². The molecule has 2 aromatic heterocycles. The second kappa shape index (κ2) is 9.01. The summed E-state index contributed by atoms with van der Waals surface area (Å²) in [5, 5.41) is 0. The average Bonchev–Trinajstić information content (AvgIpc) is 3.28. The SMILES string of the molecule is O=C(c1cncc(N2CCN(C/C=C/c3ccco3)CC2)n1)N1CCCCC1. The summed E-state index contributed by atoms with van der Waals surface area (Å²) in [5.41, 5.74) is 0.461. The molecule has 148 valence electrons. The second-order valence-corrected chi connectivity index (χ2v) is 7.32. The van der Waals surface area contributed by atoms with Gasteiger partial charge in [0.05, 0.1) is 18.7 Å². The maximum absolute atomic E-state index is 12.7. The van der Waals surface area contributed by atoms with Crippen LogP contribution in [0.3, 0.4) is 0 Å².